The molecule has 9 heteroatoms. The Morgan fingerprint density at radius 2 is 1.73 bits per heavy atom. The average molecular weight is 417 g/mol. The van der Waals surface area contributed by atoms with Crippen molar-refractivity contribution in [1.82, 2.24) is 10.6 Å². The Balaban J connectivity index is 2.04. The minimum absolute atomic E-state index is 0.0978. The zero-order valence-corrected chi connectivity index (χ0v) is 17.4. The smallest absolute Gasteiger partial charge is 0.337 e. The molecule has 1 aromatic carbocycles. The molecular formula is C21H27N3O6. The van der Waals surface area contributed by atoms with Crippen LogP contribution in [0.5, 0.6) is 0 Å². The van der Waals surface area contributed by atoms with E-state index in [1.54, 1.807) is 38.1 Å². The third kappa shape index (κ3) is 5.10. The topological polar surface area (TPSA) is 145 Å². The van der Waals surface area contributed by atoms with Crippen LogP contribution < -0.4 is 16.4 Å². The predicted molar refractivity (Wildman–Crippen MR) is 107 cm³/mol. The number of nitrogens with two attached hydrogens (primary N) is 1. The SMILES string of the molecule is COC(=O)c1ccc([C@@H](N)CC(=O)N[C@H](C(=O)[C@@H]2C(=O)NC(=O)[C@H]2C)C(C)C)cc1. The summed E-state index contributed by atoms with van der Waals surface area (Å²) in [6.07, 6.45) is -0.0978. The van der Waals surface area contributed by atoms with Gasteiger partial charge in [0.25, 0.3) is 0 Å². The molecule has 1 fully saturated rings. The molecule has 0 bridgehead atoms. The van der Waals surface area contributed by atoms with Gasteiger partial charge in [-0.05, 0) is 23.6 Å². The molecule has 1 heterocycles. The minimum atomic E-state index is -1.12. The first-order valence-electron chi connectivity index (χ1n) is 9.68. The molecule has 30 heavy (non-hydrogen) atoms. The molecule has 4 N–H and O–H groups in total. The summed E-state index contributed by atoms with van der Waals surface area (Å²) in [5.74, 6) is -4.75. The first kappa shape index (κ1) is 23.2. The van der Waals surface area contributed by atoms with Gasteiger partial charge < -0.3 is 15.8 Å². The zero-order chi connectivity index (χ0) is 22.6. The Morgan fingerprint density at radius 1 is 1.13 bits per heavy atom. The third-order valence-electron chi connectivity index (χ3n) is 5.20. The third-order valence-corrected chi connectivity index (χ3v) is 5.20. The van der Waals surface area contributed by atoms with Gasteiger partial charge in [0.05, 0.1) is 24.6 Å². The van der Waals surface area contributed by atoms with Crippen molar-refractivity contribution in [3.05, 3.63) is 35.4 Å². The highest BCUT2D eigenvalue weighted by Gasteiger charge is 2.46. The van der Waals surface area contributed by atoms with E-state index in [4.69, 9.17) is 5.73 Å². The Bertz CT molecular complexity index is 849. The molecule has 1 aliphatic rings. The molecule has 1 aliphatic heterocycles. The molecule has 1 aromatic rings. The quantitative estimate of drug-likeness (QED) is 0.317. The van der Waals surface area contributed by atoms with Crippen LogP contribution in [-0.2, 0) is 23.9 Å². The number of ketones is 1. The predicted octanol–water partition coefficient (Wildman–Crippen LogP) is 0.482. The van der Waals surface area contributed by atoms with Crippen molar-refractivity contribution < 1.29 is 28.7 Å². The molecule has 162 valence electrons. The van der Waals surface area contributed by atoms with Gasteiger partial charge in [-0.2, -0.15) is 0 Å². The second-order valence-corrected chi connectivity index (χ2v) is 7.74. The molecule has 1 saturated heterocycles. The van der Waals surface area contributed by atoms with Gasteiger partial charge in [-0.15, -0.1) is 0 Å². The summed E-state index contributed by atoms with van der Waals surface area (Å²) >= 11 is 0. The van der Waals surface area contributed by atoms with Crippen molar-refractivity contribution in [2.24, 2.45) is 23.5 Å². The van der Waals surface area contributed by atoms with E-state index in [1.165, 1.54) is 14.0 Å². The number of amides is 3. The second-order valence-electron chi connectivity index (χ2n) is 7.74. The molecule has 2 rings (SSSR count). The summed E-state index contributed by atoms with van der Waals surface area (Å²) in [7, 11) is 1.28. The lowest BCUT2D eigenvalue weighted by Gasteiger charge is -2.25. The number of benzene rings is 1. The van der Waals surface area contributed by atoms with Gasteiger partial charge in [0.1, 0.15) is 5.92 Å². The largest absolute Gasteiger partial charge is 0.465 e. The molecule has 0 unspecified atom stereocenters. The molecule has 0 saturated carbocycles. The van der Waals surface area contributed by atoms with E-state index in [9.17, 15) is 24.0 Å². The van der Waals surface area contributed by atoms with Gasteiger partial charge in [0.15, 0.2) is 5.78 Å². The maximum atomic E-state index is 12.9. The van der Waals surface area contributed by atoms with E-state index in [0.29, 0.717) is 11.1 Å². The van der Waals surface area contributed by atoms with Crippen LogP contribution in [0.2, 0.25) is 0 Å². The van der Waals surface area contributed by atoms with E-state index in [2.05, 4.69) is 15.4 Å². The summed E-state index contributed by atoms with van der Waals surface area (Å²) in [6.45, 7) is 5.00. The fraction of sp³-hybridized carbons (Fsp3) is 0.476. The van der Waals surface area contributed by atoms with Gasteiger partial charge >= 0.3 is 5.97 Å². The van der Waals surface area contributed by atoms with Gasteiger partial charge in [-0.25, -0.2) is 4.79 Å². The van der Waals surface area contributed by atoms with E-state index in [1.807, 2.05) is 0 Å². The van der Waals surface area contributed by atoms with E-state index in [-0.39, 0.29) is 12.3 Å². The van der Waals surface area contributed by atoms with Crippen molar-refractivity contribution in [2.75, 3.05) is 7.11 Å². The lowest BCUT2D eigenvalue weighted by atomic mass is 9.85. The number of esters is 1. The van der Waals surface area contributed by atoms with Crippen LogP contribution in [-0.4, -0.2) is 42.6 Å². The zero-order valence-electron chi connectivity index (χ0n) is 17.4. The van der Waals surface area contributed by atoms with Gasteiger partial charge in [-0.1, -0.05) is 32.9 Å². The lowest BCUT2D eigenvalue weighted by molar-refractivity contribution is -0.137. The van der Waals surface area contributed by atoms with Crippen LogP contribution in [0.3, 0.4) is 0 Å². The number of hydrogen-bond acceptors (Lipinski definition) is 7. The van der Waals surface area contributed by atoms with E-state index in [0.717, 1.165) is 0 Å². The van der Waals surface area contributed by atoms with Crippen molar-refractivity contribution >= 4 is 29.5 Å². The number of ether oxygens (including phenoxy) is 1. The van der Waals surface area contributed by atoms with Crippen molar-refractivity contribution in [1.29, 1.82) is 0 Å². The normalized spacial score (nSPS) is 20.5. The number of carbonyl (C=O) groups is 5. The fourth-order valence-electron chi connectivity index (χ4n) is 3.36. The Labute approximate surface area is 174 Å². The molecule has 0 radical (unpaired) electrons. The number of methoxy groups -OCH3 is 1. The first-order chi connectivity index (χ1) is 14.1. The van der Waals surface area contributed by atoms with Crippen LogP contribution in [0.15, 0.2) is 24.3 Å². The molecule has 4 atom stereocenters. The average Bonchev–Trinajstić information content (AvgIpc) is 2.96. The van der Waals surface area contributed by atoms with E-state index >= 15 is 0 Å². The molecule has 0 aromatic heterocycles. The van der Waals surface area contributed by atoms with Crippen LogP contribution >= 0.6 is 0 Å². The first-order valence-corrected chi connectivity index (χ1v) is 9.68. The lowest BCUT2D eigenvalue weighted by Crippen LogP contribution is -2.49. The van der Waals surface area contributed by atoms with Crippen molar-refractivity contribution in [2.45, 2.75) is 39.3 Å². The monoisotopic (exact) mass is 417 g/mol. The van der Waals surface area contributed by atoms with Crippen LogP contribution in [0.25, 0.3) is 0 Å². The van der Waals surface area contributed by atoms with Crippen molar-refractivity contribution in [3.63, 3.8) is 0 Å². The van der Waals surface area contributed by atoms with Gasteiger partial charge in [0, 0.05) is 12.5 Å². The summed E-state index contributed by atoms with van der Waals surface area (Å²) in [6, 6.07) is 4.79. The highest BCUT2D eigenvalue weighted by Crippen LogP contribution is 2.23. The number of carbonyl (C=O) groups excluding carboxylic acids is 5. The van der Waals surface area contributed by atoms with Gasteiger partial charge in [0.2, 0.25) is 17.7 Å². The molecule has 0 aliphatic carbocycles. The van der Waals surface area contributed by atoms with E-state index < -0.39 is 53.4 Å². The van der Waals surface area contributed by atoms with Crippen molar-refractivity contribution in [3.8, 4) is 0 Å². The fourth-order valence-corrected chi connectivity index (χ4v) is 3.36. The number of Topliss-reactive ketones (excluding diaryl/α,β-unsaturated/α-hetero) is 1. The maximum Gasteiger partial charge on any atom is 0.337 e. The summed E-state index contributed by atoms with van der Waals surface area (Å²) in [4.78, 5) is 60.6. The van der Waals surface area contributed by atoms with Gasteiger partial charge in [-0.3, -0.25) is 24.5 Å². The summed E-state index contributed by atoms with van der Waals surface area (Å²) in [5, 5.41) is 4.81. The highest BCUT2D eigenvalue weighted by molar-refractivity contribution is 6.16. The standard InChI is InChI=1S/C21H27N3O6/c1-10(2)17(18(26)16-11(3)19(27)24-20(16)28)23-15(25)9-14(22)12-5-7-13(8-6-12)21(29)30-4/h5-8,10-11,14,16-17H,9,22H2,1-4H3,(H,23,25)(H,24,27,28)/t11-,14-,16+,17-/m0/s1. The number of imide groups is 1. The number of rotatable bonds is 8. The Morgan fingerprint density at radius 3 is 2.20 bits per heavy atom. The van der Waals surface area contributed by atoms with Crippen LogP contribution in [0.1, 0.15) is 49.2 Å². The Kier molecular flexibility index (Phi) is 7.44. The highest BCUT2D eigenvalue weighted by atomic mass is 16.5. The molecule has 3 amide bonds. The minimum Gasteiger partial charge on any atom is -0.465 e. The summed E-state index contributed by atoms with van der Waals surface area (Å²) < 4.78 is 4.64. The summed E-state index contributed by atoms with van der Waals surface area (Å²) in [5.41, 5.74) is 7.10. The second kappa shape index (κ2) is 9.62. The molecule has 9 nitrogen and oxygen atoms in total. The number of hydrogen-bond donors (Lipinski definition) is 3. The molecule has 0 spiro atoms. The Hall–Kier alpha value is -3.07. The maximum absolute atomic E-state index is 12.9. The van der Waals surface area contributed by atoms with Crippen LogP contribution in [0.4, 0.5) is 0 Å². The van der Waals surface area contributed by atoms with Crippen LogP contribution in [0, 0.1) is 17.8 Å². The molecular weight excluding hydrogens is 390 g/mol. The number of nitrogens with one attached hydrogen (secondary N) is 2.